The highest BCUT2D eigenvalue weighted by Gasteiger charge is 2.27. The number of hydrogen-bond donors (Lipinski definition) is 1. The van der Waals surface area contributed by atoms with Crippen molar-refractivity contribution in [3.05, 3.63) is 52.3 Å². The number of H-pyrrole nitrogens is 1. The second kappa shape index (κ2) is 9.55. The first kappa shape index (κ1) is 21.7. The van der Waals surface area contributed by atoms with Crippen LogP contribution in [0.2, 0.25) is 0 Å². The number of Topliss-reactive ketones (excluding diaryl/α,β-unsaturated/α-hetero) is 1. The summed E-state index contributed by atoms with van der Waals surface area (Å²) in [7, 11) is 1.91. The number of carbonyl (C=O) groups is 2. The van der Waals surface area contributed by atoms with Crippen LogP contribution >= 0.6 is 0 Å². The average molecular weight is 386 g/mol. The largest absolute Gasteiger partial charge is 0.494 e. The topological polar surface area (TPSA) is 71.6 Å². The number of carbonyl (C=O) groups excluding carboxylic acids is 2. The van der Waals surface area contributed by atoms with Crippen molar-refractivity contribution in [2.75, 3.05) is 20.3 Å². The molecule has 0 fully saturated rings. The van der Waals surface area contributed by atoms with Crippen LogP contribution in [0.15, 0.2) is 24.3 Å². The van der Waals surface area contributed by atoms with Gasteiger partial charge in [0.2, 0.25) is 0 Å². The van der Waals surface area contributed by atoms with Crippen LogP contribution in [0.4, 0.5) is 0 Å². The fourth-order valence-corrected chi connectivity index (χ4v) is 3.20. The summed E-state index contributed by atoms with van der Waals surface area (Å²) in [4.78, 5) is 30.3. The van der Waals surface area contributed by atoms with Crippen molar-refractivity contribution in [3.63, 3.8) is 0 Å². The summed E-state index contributed by atoms with van der Waals surface area (Å²) >= 11 is 0. The number of ketones is 1. The first-order valence-electron chi connectivity index (χ1n) is 9.62. The van der Waals surface area contributed by atoms with Gasteiger partial charge in [-0.05, 0) is 64.9 Å². The SMILES string of the molecule is CCOC(=O)c1c(C)[nH]c(C(=O)[C@@H](C)N(C)Cc2ccc(OCC)cc2)c1C. The maximum Gasteiger partial charge on any atom is 0.340 e. The molecule has 1 aromatic heterocycles. The minimum Gasteiger partial charge on any atom is -0.494 e. The van der Waals surface area contributed by atoms with Crippen LogP contribution in [0.1, 0.15) is 58.4 Å². The molecule has 0 amide bonds. The molecule has 28 heavy (non-hydrogen) atoms. The third kappa shape index (κ3) is 4.81. The number of esters is 1. The molecule has 1 atom stereocenters. The van der Waals surface area contributed by atoms with E-state index in [0.717, 1.165) is 11.3 Å². The van der Waals surface area contributed by atoms with E-state index in [1.165, 1.54) is 0 Å². The van der Waals surface area contributed by atoms with Gasteiger partial charge in [0, 0.05) is 12.2 Å². The quantitative estimate of drug-likeness (QED) is 0.523. The van der Waals surface area contributed by atoms with Crippen molar-refractivity contribution in [2.24, 2.45) is 0 Å². The van der Waals surface area contributed by atoms with Gasteiger partial charge in [-0.3, -0.25) is 9.69 Å². The molecule has 6 heteroatoms. The molecule has 0 spiro atoms. The lowest BCUT2D eigenvalue weighted by atomic mass is 10.0. The summed E-state index contributed by atoms with van der Waals surface area (Å²) in [5.74, 6) is 0.384. The van der Waals surface area contributed by atoms with E-state index in [1.807, 2.05) is 50.1 Å². The Morgan fingerprint density at radius 3 is 2.32 bits per heavy atom. The summed E-state index contributed by atoms with van der Waals surface area (Å²) in [5.41, 5.74) is 3.30. The number of aromatic nitrogens is 1. The van der Waals surface area contributed by atoms with Gasteiger partial charge in [0.1, 0.15) is 5.75 Å². The number of rotatable bonds is 9. The third-order valence-electron chi connectivity index (χ3n) is 4.87. The molecular formula is C22H30N2O4. The summed E-state index contributed by atoms with van der Waals surface area (Å²) < 4.78 is 10.6. The Hall–Kier alpha value is -2.60. The van der Waals surface area contributed by atoms with E-state index in [0.29, 0.717) is 42.3 Å². The molecule has 2 aromatic rings. The number of hydrogen-bond acceptors (Lipinski definition) is 5. The Kier molecular flexibility index (Phi) is 7.40. The lowest BCUT2D eigenvalue weighted by Gasteiger charge is -2.23. The van der Waals surface area contributed by atoms with Gasteiger partial charge in [-0.25, -0.2) is 4.79 Å². The molecule has 0 saturated carbocycles. The van der Waals surface area contributed by atoms with Gasteiger partial charge in [-0.2, -0.15) is 0 Å². The maximum absolute atomic E-state index is 13.0. The standard InChI is InChI=1S/C22H30N2O4/c1-7-27-18-11-9-17(10-12-18)13-24(6)16(5)21(25)20-14(3)19(15(4)23-20)22(26)28-8-2/h9-12,16,23H,7-8,13H2,1-6H3/t16-/m1/s1. The summed E-state index contributed by atoms with van der Waals surface area (Å²) in [6.07, 6.45) is 0. The second-order valence-electron chi connectivity index (χ2n) is 6.88. The first-order valence-corrected chi connectivity index (χ1v) is 9.62. The van der Waals surface area contributed by atoms with E-state index in [-0.39, 0.29) is 11.8 Å². The molecule has 0 bridgehead atoms. The van der Waals surface area contributed by atoms with Gasteiger partial charge in [0.05, 0.1) is 30.5 Å². The van der Waals surface area contributed by atoms with E-state index >= 15 is 0 Å². The molecular weight excluding hydrogens is 356 g/mol. The first-order chi connectivity index (χ1) is 13.3. The Morgan fingerprint density at radius 1 is 1.11 bits per heavy atom. The maximum atomic E-state index is 13.0. The smallest absolute Gasteiger partial charge is 0.340 e. The molecule has 0 aliphatic rings. The molecule has 0 radical (unpaired) electrons. The van der Waals surface area contributed by atoms with Gasteiger partial charge in [-0.15, -0.1) is 0 Å². The Balaban J connectivity index is 2.13. The van der Waals surface area contributed by atoms with Crippen LogP contribution < -0.4 is 4.74 Å². The fraction of sp³-hybridized carbons (Fsp3) is 0.455. The molecule has 0 unspecified atom stereocenters. The highest BCUT2D eigenvalue weighted by Crippen LogP contribution is 2.22. The van der Waals surface area contributed by atoms with Gasteiger partial charge in [-0.1, -0.05) is 12.1 Å². The van der Waals surface area contributed by atoms with Crippen LogP contribution in [-0.4, -0.2) is 47.9 Å². The van der Waals surface area contributed by atoms with E-state index in [2.05, 4.69) is 4.98 Å². The zero-order valence-corrected chi connectivity index (χ0v) is 17.6. The number of benzene rings is 1. The van der Waals surface area contributed by atoms with Crippen LogP contribution in [0.25, 0.3) is 0 Å². The summed E-state index contributed by atoms with van der Waals surface area (Å²) in [6.45, 7) is 10.7. The molecule has 0 saturated heterocycles. The molecule has 0 aliphatic heterocycles. The Labute approximate surface area is 166 Å². The van der Waals surface area contributed by atoms with E-state index in [1.54, 1.807) is 20.8 Å². The molecule has 6 nitrogen and oxygen atoms in total. The number of nitrogens with one attached hydrogen (secondary N) is 1. The monoisotopic (exact) mass is 386 g/mol. The number of nitrogens with zero attached hydrogens (tertiary/aromatic N) is 1. The molecule has 1 heterocycles. The number of likely N-dealkylation sites (N-methyl/N-ethyl adjacent to an activating group) is 1. The van der Waals surface area contributed by atoms with Gasteiger partial charge in [0.15, 0.2) is 5.78 Å². The van der Waals surface area contributed by atoms with E-state index in [4.69, 9.17) is 9.47 Å². The van der Waals surface area contributed by atoms with Gasteiger partial charge < -0.3 is 14.5 Å². The van der Waals surface area contributed by atoms with Crippen molar-refractivity contribution in [2.45, 2.75) is 47.2 Å². The van der Waals surface area contributed by atoms with Crippen LogP contribution in [0.5, 0.6) is 5.75 Å². The average Bonchev–Trinajstić information content (AvgIpc) is 2.96. The normalized spacial score (nSPS) is 12.1. The Morgan fingerprint density at radius 2 is 1.75 bits per heavy atom. The van der Waals surface area contributed by atoms with Crippen molar-refractivity contribution in [1.29, 1.82) is 0 Å². The summed E-state index contributed by atoms with van der Waals surface area (Å²) in [6, 6.07) is 7.52. The van der Waals surface area contributed by atoms with Crippen LogP contribution in [0, 0.1) is 13.8 Å². The molecule has 1 N–H and O–H groups in total. The highest BCUT2D eigenvalue weighted by molar-refractivity contribution is 6.03. The van der Waals surface area contributed by atoms with Crippen molar-refractivity contribution in [3.8, 4) is 5.75 Å². The van der Waals surface area contributed by atoms with Crippen molar-refractivity contribution < 1.29 is 19.1 Å². The minimum absolute atomic E-state index is 0.0513. The predicted octanol–water partition coefficient (Wildman–Crippen LogP) is 3.91. The fourth-order valence-electron chi connectivity index (χ4n) is 3.20. The highest BCUT2D eigenvalue weighted by atomic mass is 16.5. The van der Waals surface area contributed by atoms with Gasteiger partial charge in [0.25, 0.3) is 0 Å². The van der Waals surface area contributed by atoms with E-state index in [9.17, 15) is 9.59 Å². The lowest BCUT2D eigenvalue weighted by Crippen LogP contribution is -2.36. The molecule has 2 rings (SSSR count). The third-order valence-corrected chi connectivity index (χ3v) is 4.87. The van der Waals surface area contributed by atoms with Crippen molar-refractivity contribution >= 4 is 11.8 Å². The zero-order chi connectivity index (χ0) is 20.8. The second-order valence-corrected chi connectivity index (χ2v) is 6.88. The predicted molar refractivity (Wildman–Crippen MR) is 109 cm³/mol. The number of ether oxygens (including phenoxy) is 2. The van der Waals surface area contributed by atoms with Crippen LogP contribution in [0.3, 0.4) is 0 Å². The van der Waals surface area contributed by atoms with Gasteiger partial charge >= 0.3 is 5.97 Å². The zero-order valence-electron chi connectivity index (χ0n) is 17.6. The number of aryl methyl sites for hydroxylation is 1. The van der Waals surface area contributed by atoms with Crippen molar-refractivity contribution in [1.82, 2.24) is 9.88 Å². The number of aromatic amines is 1. The molecule has 1 aromatic carbocycles. The minimum atomic E-state index is -0.400. The lowest BCUT2D eigenvalue weighted by molar-refractivity contribution is 0.0525. The molecule has 0 aliphatic carbocycles. The Bertz CT molecular complexity index is 824. The molecule has 152 valence electrons. The van der Waals surface area contributed by atoms with E-state index < -0.39 is 5.97 Å². The van der Waals surface area contributed by atoms with Crippen LogP contribution in [-0.2, 0) is 11.3 Å². The summed E-state index contributed by atoms with van der Waals surface area (Å²) in [5, 5.41) is 0.